The molecule has 1 aromatic carbocycles. The predicted molar refractivity (Wildman–Crippen MR) is 71.3 cm³/mol. The fraction of sp³-hybridized carbons (Fsp3) is 0. The summed E-state index contributed by atoms with van der Waals surface area (Å²) in [4.78, 5) is 4.30. The highest BCUT2D eigenvalue weighted by Gasteiger charge is 2.11. The van der Waals surface area contributed by atoms with E-state index in [-0.39, 0.29) is 0 Å². The summed E-state index contributed by atoms with van der Waals surface area (Å²) in [5.74, 6) is 0. The zero-order chi connectivity index (χ0) is 11.7. The SMILES string of the molecule is Clc1cc2c(-c3ccccc3)ccccc-2n1. The van der Waals surface area contributed by atoms with E-state index in [2.05, 4.69) is 23.2 Å². The van der Waals surface area contributed by atoms with Gasteiger partial charge in [0.15, 0.2) is 0 Å². The van der Waals surface area contributed by atoms with E-state index in [0.717, 1.165) is 16.8 Å². The maximum atomic E-state index is 5.97. The maximum Gasteiger partial charge on any atom is 0.130 e. The van der Waals surface area contributed by atoms with Gasteiger partial charge in [0.1, 0.15) is 5.15 Å². The first kappa shape index (κ1) is 10.3. The van der Waals surface area contributed by atoms with Gasteiger partial charge >= 0.3 is 0 Å². The zero-order valence-corrected chi connectivity index (χ0v) is 9.85. The lowest BCUT2D eigenvalue weighted by atomic mass is 10.0. The first-order valence-electron chi connectivity index (χ1n) is 5.45. The molecule has 1 aliphatic carbocycles. The van der Waals surface area contributed by atoms with E-state index < -0.39 is 0 Å². The highest BCUT2D eigenvalue weighted by atomic mass is 35.5. The van der Waals surface area contributed by atoms with Gasteiger partial charge in [-0.25, -0.2) is 4.98 Å². The average molecular weight is 240 g/mol. The number of fused-ring (bicyclic) bond motifs is 1. The molecule has 0 aromatic heterocycles. The molecule has 82 valence electrons. The fourth-order valence-corrected chi connectivity index (χ4v) is 2.20. The van der Waals surface area contributed by atoms with Crippen LogP contribution in [0.3, 0.4) is 0 Å². The topological polar surface area (TPSA) is 12.9 Å². The quantitative estimate of drug-likeness (QED) is 0.609. The average Bonchev–Trinajstić information content (AvgIpc) is 2.61. The van der Waals surface area contributed by atoms with Crippen LogP contribution in [0.5, 0.6) is 0 Å². The van der Waals surface area contributed by atoms with Gasteiger partial charge in [-0.1, -0.05) is 60.1 Å². The molecule has 2 aliphatic rings. The first-order valence-corrected chi connectivity index (χ1v) is 5.83. The molecule has 1 nitrogen and oxygen atoms in total. The van der Waals surface area contributed by atoms with Gasteiger partial charge in [0.2, 0.25) is 0 Å². The lowest BCUT2D eigenvalue weighted by Crippen LogP contribution is -1.78. The maximum absolute atomic E-state index is 5.97. The van der Waals surface area contributed by atoms with E-state index >= 15 is 0 Å². The number of benzene rings is 1. The predicted octanol–water partition coefficient (Wildman–Crippen LogP) is 4.51. The van der Waals surface area contributed by atoms with Crippen molar-refractivity contribution in [3.05, 3.63) is 65.8 Å². The molecule has 0 fully saturated rings. The van der Waals surface area contributed by atoms with Gasteiger partial charge < -0.3 is 0 Å². The normalized spacial score (nSPS) is 10.6. The van der Waals surface area contributed by atoms with Crippen LogP contribution in [0.1, 0.15) is 0 Å². The molecule has 0 amide bonds. The van der Waals surface area contributed by atoms with Crippen LogP contribution in [0, 0.1) is 0 Å². The van der Waals surface area contributed by atoms with E-state index in [0.29, 0.717) is 5.15 Å². The van der Waals surface area contributed by atoms with Crippen LogP contribution in [0.4, 0.5) is 0 Å². The summed E-state index contributed by atoms with van der Waals surface area (Å²) >= 11 is 5.97. The summed E-state index contributed by atoms with van der Waals surface area (Å²) in [5.41, 5.74) is 4.35. The van der Waals surface area contributed by atoms with Crippen molar-refractivity contribution in [3.63, 3.8) is 0 Å². The van der Waals surface area contributed by atoms with E-state index in [4.69, 9.17) is 11.6 Å². The Morgan fingerprint density at radius 1 is 0.765 bits per heavy atom. The van der Waals surface area contributed by atoms with E-state index in [1.165, 1.54) is 5.56 Å². The molecule has 0 bridgehead atoms. The summed E-state index contributed by atoms with van der Waals surface area (Å²) < 4.78 is 0. The lowest BCUT2D eigenvalue weighted by Gasteiger charge is -2.02. The molecule has 0 saturated carbocycles. The molecule has 0 unspecified atom stereocenters. The highest BCUT2D eigenvalue weighted by molar-refractivity contribution is 6.30. The Kier molecular flexibility index (Phi) is 2.54. The van der Waals surface area contributed by atoms with Gasteiger partial charge in [0, 0.05) is 5.56 Å². The zero-order valence-electron chi connectivity index (χ0n) is 9.10. The molecule has 0 saturated heterocycles. The van der Waals surface area contributed by atoms with E-state index in [1.54, 1.807) is 0 Å². The smallest absolute Gasteiger partial charge is 0.130 e. The minimum absolute atomic E-state index is 0.545. The molecule has 0 N–H and O–H groups in total. The van der Waals surface area contributed by atoms with Gasteiger partial charge in [-0.2, -0.15) is 0 Å². The largest absolute Gasteiger partial charge is 0.236 e. The third kappa shape index (κ3) is 1.90. The van der Waals surface area contributed by atoms with E-state index in [1.807, 2.05) is 42.5 Å². The summed E-state index contributed by atoms with van der Waals surface area (Å²) in [6, 6.07) is 20.3. The summed E-state index contributed by atoms with van der Waals surface area (Å²) in [5, 5.41) is 0.545. The van der Waals surface area contributed by atoms with Crippen LogP contribution in [0.15, 0.2) is 60.7 Å². The Morgan fingerprint density at radius 3 is 2.29 bits per heavy atom. The van der Waals surface area contributed by atoms with Gasteiger partial charge in [-0.05, 0) is 23.3 Å². The lowest BCUT2D eigenvalue weighted by molar-refractivity contribution is 1.42. The summed E-state index contributed by atoms with van der Waals surface area (Å²) in [7, 11) is 0. The van der Waals surface area contributed by atoms with Crippen molar-refractivity contribution in [3.8, 4) is 22.4 Å². The number of aromatic nitrogens is 1. The minimum Gasteiger partial charge on any atom is -0.236 e. The van der Waals surface area contributed by atoms with Crippen molar-refractivity contribution >= 4 is 11.6 Å². The minimum atomic E-state index is 0.545. The number of halogens is 1. The Labute approximate surface area is 105 Å². The molecule has 0 atom stereocenters. The molecular formula is C15H10ClN. The second kappa shape index (κ2) is 4.19. The molecule has 0 radical (unpaired) electrons. The number of rotatable bonds is 1. The van der Waals surface area contributed by atoms with Gasteiger partial charge in [0.25, 0.3) is 0 Å². The van der Waals surface area contributed by atoms with Crippen molar-refractivity contribution in [2.45, 2.75) is 0 Å². The van der Waals surface area contributed by atoms with Crippen LogP contribution in [-0.2, 0) is 0 Å². The second-order valence-corrected chi connectivity index (χ2v) is 4.26. The van der Waals surface area contributed by atoms with Gasteiger partial charge in [-0.3, -0.25) is 0 Å². The third-order valence-electron chi connectivity index (χ3n) is 2.77. The molecule has 17 heavy (non-hydrogen) atoms. The number of hydrogen-bond acceptors (Lipinski definition) is 1. The molecular weight excluding hydrogens is 230 g/mol. The van der Waals surface area contributed by atoms with Crippen molar-refractivity contribution in [2.75, 3.05) is 0 Å². The fourth-order valence-electron chi connectivity index (χ4n) is 2.00. The number of nitrogens with zero attached hydrogens (tertiary/aromatic N) is 1. The molecule has 1 aliphatic heterocycles. The van der Waals surface area contributed by atoms with Crippen molar-refractivity contribution in [2.24, 2.45) is 0 Å². The van der Waals surface area contributed by atoms with E-state index in [9.17, 15) is 0 Å². The molecule has 3 rings (SSSR count). The Balaban J connectivity index is 2.29. The van der Waals surface area contributed by atoms with Gasteiger partial charge in [-0.15, -0.1) is 0 Å². The Morgan fingerprint density at radius 2 is 1.47 bits per heavy atom. The van der Waals surface area contributed by atoms with Crippen LogP contribution >= 0.6 is 11.6 Å². The van der Waals surface area contributed by atoms with Crippen LogP contribution in [-0.4, -0.2) is 4.98 Å². The first-order chi connectivity index (χ1) is 8.34. The second-order valence-electron chi connectivity index (χ2n) is 3.88. The number of hydrogen-bond donors (Lipinski definition) is 0. The van der Waals surface area contributed by atoms with Crippen LogP contribution < -0.4 is 0 Å². The summed E-state index contributed by atoms with van der Waals surface area (Å²) in [6.07, 6.45) is 0. The molecule has 1 heterocycles. The Hall–Kier alpha value is -1.86. The molecule has 0 spiro atoms. The standard InChI is InChI=1S/C15H10ClN/c16-15-10-13-12(11-6-2-1-3-7-11)8-4-5-9-14(13)17-15/h1-10H. The highest BCUT2D eigenvalue weighted by Crippen LogP contribution is 2.33. The monoisotopic (exact) mass is 239 g/mol. The molecule has 1 aromatic rings. The Bertz CT molecular complexity index is 619. The van der Waals surface area contributed by atoms with Crippen LogP contribution in [0.2, 0.25) is 5.15 Å². The summed E-state index contributed by atoms with van der Waals surface area (Å²) in [6.45, 7) is 0. The van der Waals surface area contributed by atoms with Crippen LogP contribution in [0.25, 0.3) is 22.4 Å². The van der Waals surface area contributed by atoms with Crippen molar-refractivity contribution in [1.29, 1.82) is 0 Å². The van der Waals surface area contributed by atoms with Crippen molar-refractivity contribution in [1.82, 2.24) is 4.98 Å². The molecule has 2 heteroatoms. The van der Waals surface area contributed by atoms with Gasteiger partial charge in [0.05, 0.1) is 5.69 Å². The van der Waals surface area contributed by atoms with Crippen molar-refractivity contribution < 1.29 is 0 Å². The third-order valence-corrected chi connectivity index (χ3v) is 2.96.